The largest absolute Gasteiger partial charge is 0.478 e. The Morgan fingerprint density at radius 3 is 2.65 bits per heavy atom. The van der Waals surface area contributed by atoms with Gasteiger partial charge in [0.15, 0.2) is 0 Å². The topological polar surface area (TPSA) is 83.5 Å². The van der Waals surface area contributed by atoms with Crippen LogP contribution in [-0.2, 0) is 10.0 Å². The molecule has 0 amide bonds. The van der Waals surface area contributed by atoms with E-state index in [0.29, 0.717) is 0 Å². The third-order valence-corrected chi connectivity index (χ3v) is 4.29. The van der Waals surface area contributed by atoms with Crippen LogP contribution in [0.4, 0.5) is 0 Å². The predicted octanol–water partition coefficient (Wildman–Crippen LogP) is 1.61. The van der Waals surface area contributed by atoms with Gasteiger partial charge in [-0.3, -0.25) is 0 Å². The van der Waals surface area contributed by atoms with Gasteiger partial charge in [-0.25, -0.2) is 17.9 Å². The lowest BCUT2D eigenvalue weighted by atomic mass is 10.2. The van der Waals surface area contributed by atoms with Gasteiger partial charge in [0.25, 0.3) is 0 Å². The van der Waals surface area contributed by atoms with Crippen molar-refractivity contribution in [1.82, 2.24) is 4.72 Å². The van der Waals surface area contributed by atoms with Crippen molar-refractivity contribution in [3.05, 3.63) is 40.9 Å². The Kier molecular flexibility index (Phi) is 4.44. The summed E-state index contributed by atoms with van der Waals surface area (Å²) in [4.78, 5) is 10.7. The molecule has 7 heteroatoms. The normalized spacial score (nSPS) is 11.1. The first-order valence-corrected chi connectivity index (χ1v) is 6.79. The van der Waals surface area contributed by atoms with Gasteiger partial charge in [0.2, 0.25) is 10.0 Å². The summed E-state index contributed by atoms with van der Waals surface area (Å²) in [6.07, 6.45) is 1.41. The first kappa shape index (κ1) is 13.9. The Morgan fingerprint density at radius 1 is 1.53 bits per heavy atom. The third kappa shape index (κ3) is 3.39. The molecule has 0 aliphatic rings. The fraction of sp³-hybridized carbons (Fsp3) is 0.100. The van der Waals surface area contributed by atoms with Gasteiger partial charge < -0.3 is 5.11 Å². The van der Waals surface area contributed by atoms with Gasteiger partial charge in [-0.1, -0.05) is 6.08 Å². The van der Waals surface area contributed by atoms with E-state index >= 15 is 0 Å². The maximum Gasteiger partial charge on any atom is 0.335 e. The van der Waals surface area contributed by atoms with E-state index in [1.807, 2.05) is 0 Å². The number of carboxylic acid groups (broad SMARTS) is 1. The summed E-state index contributed by atoms with van der Waals surface area (Å²) in [5.41, 5.74) is 0.0135. The Hall–Kier alpha value is -1.18. The highest BCUT2D eigenvalue weighted by Crippen LogP contribution is 2.23. The summed E-state index contributed by atoms with van der Waals surface area (Å²) in [5, 5.41) is 8.75. The number of aromatic carboxylic acids is 1. The summed E-state index contributed by atoms with van der Waals surface area (Å²) < 4.78 is 26.0. The molecule has 1 aromatic carbocycles. The summed E-state index contributed by atoms with van der Waals surface area (Å²) in [7, 11) is -3.66. The lowest BCUT2D eigenvalue weighted by Gasteiger charge is -2.07. The van der Waals surface area contributed by atoms with E-state index in [1.54, 1.807) is 0 Å². The zero-order valence-electron chi connectivity index (χ0n) is 8.68. The number of sulfonamides is 1. The molecule has 0 spiro atoms. The Morgan fingerprint density at radius 2 is 2.18 bits per heavy atom. The molecule has 17 heavy (non-hydrogen) atoms. The molecule has 0 atom stereocenters. The SMILES string of the molecule is C=CCNS(=O)(=O)c1ccc(C(=O)O)cc1Br. The van der Waals surface area contributed by atoms with E-state index in [2.05, 4.69) is 27.2 Å². The highest BCUT2D eigenvalue weighted by Gasteiger charge is 2.17. The molecule has 0 saturated heterocycles. The van der Waals surface area contributed by atoms with Crippen LogP contribution in [0.3, 0.4) is 0 Å². The van der Waals surface area contributed by atoms with Crippen LogP contribution in [0, 0.1) is 0 Å². The second-order valence-electron chi connectivity index (χ2n) is 3.09. The van der Waals surface area contributed by atoms with E-state index in [-0.39, 0.29) is 21.5 Å². The lowest BCUT2D eigenvalue weighted by molar-refractivity contribution is 0.0696. The van der Waals surface area contributed by atoms with E-state index in [1.165, 1.54) is 24.3 Å². The van der Waals surface area contributed by atoms with Crippen molar-refractivity contribution < 1.29 is 18.3 Å². The van der Waals surface area contributed by atoms with Crippen molar-refractivity contribution in [3.8, 4) is 0 Å². The smallest absolute Gasteiger partial charge is 0.335 e. The average Bonchev–Trinajstić information content (AvgIpc) is 2.25. The minimum absolute atomic E-state index is 0.00986. The molecular formula is C10H10BrNO4S. The second-order valence-corrected chi connectivity index (χ2v) is 5.68. The van der Waals surface area contributed by atoms with Crippen LogP contribution in [-0.4, -0.2) is 26.0 Å². The molecule has 1 rings (SSSR count). The molecular weight excluding hydrogens is 310 g/mol. The van der Waals surface area contributed by atoms with Gasteiger partial charge in [-0.05, 0) is 34.1 Å². The number of carboxylic acids is 1. The standard InChI is InChI=1S/C10H10BrNO4S/c1-2-5-12-17(15,16)9-4-3-7(10(13)14)6-8(9)11/h2-4,6,12H,1,5H2,(H,13,14). The van der Waals surface area contributed by atoms with Crippen LogP contribution in [0.15, 0.2) is 40.2 Å². The van der Waals surface area contributed by atoms with Crippen LogP contribution < -0.4 is 4.72 Å². The minimum Gasteiger partial charge on any atom is -0.478 e. The molecule has 0 aliphatic heterocycles. The van der Waals surface area contributed by atoms with Crippen LogP contribution in [0.1, 0.15) is 10.4 Å². The predicted molar refractivity (Wildman–Crippen MR) is 66.5 cm³/mol. The van der Waals surface area contributed by atoms with Crippen molar-refractivity contribution in [1.29, 1.82) is 0 Å². The minimum atomic E-state index is -3.66. The van der Waals surface area contributed by atoms with E-state index in [4.69, 9.17) is 5.11 Å². The molecule has 0 unspecified atom stereocenters. The maximum absolute atomic E-state index is 11.8. The van der Waals surface area contributed by atoms with Gasteiger partial charge in [0.1, 0.15) is 0 Å². The Bertz CT molecular complexity index is 553. The Labute approximate surface area is 107 Å². The maximum atomic E-state index is 11.8. The number of hydrogen-bond acceptors (Lipinski definition) is 3. The summed E-state index contributed by atoms with van der Waals surface area (Å²) in [5.74, 6) is -1.12. The van der Waals surface area contributed by atoms with E-state index < -0.39 is 16.0 Å². The fourth-order valence-corrected chi connectivity index (χ4v) is 3.17. The zero-order valence-corrected chi connectivity index (χ0v) is 11.1. The van der Waals surface area contributed by atoms with E-state index in [0.717, 1.165) is 0 Å². The fourth-order valence-electron chi connectivity index (χ4n) is 1.10. The van der Waals surface area contributed by atoms with Crippen LogP contribution >= 0.6 is 15.9 Å². The third-order valence-electron chi connectivity index (χ3n) is 1.89. The molecule has 0 heterocycles. The van der Waals surface area contributed by atoms with Gasteiger partial charge in [-0.15, -0.1) is 6.58 Å². The highest BCUT2D eigenvalue weighted by atomic mass is 79.9. The molecule has 1 aromatic rings. The average molecular weight is 320 g/mol. The lowest BCUT2D eigenvalue weighted by Crippen LogP contribution is -2.24. The Balaban J connectivity index is 3.16. The number of hydrogen-bond donors (Lipinski definition) is 2. The first-order chi connectivity index (χ1) is 7.88. The molecule has 0 fully saturated rings. The molecule has 0 radical (unpaired) electrons. The molecule has 2 N–H and O–H groups in total. The molecule has 92 valence electrons. The number of rotatable bonds is 5. The summed E-state index contributed by atoms with van der Waals surface area (Å²) >= 11 is 3.03. The van der Waals surface area contributed by atoms with Crippen molar-refractivity contribution in [2.24, 2.45) is 0 Å². The van der Waals surface area contributed by atoms with Crippen molar-refractivity contribution in [2.45, 2.75) is 4.90 Å². The molecule has 5 nitrogen and oxygen atoms in total. The molecule has 0 aromatic heterocycles. The quantitative estimate of drug-likeness (QED) is 0.808. The molecule has 0 bridgehead atoms. The second kappa shape index (κ2) is 5.44. The van der Waals surface area contributed by atoms with Crippen LogP contribution in [0.25, 0.3) is 0 Å². The summed E-state index contributed by atoms with van der Waals surface area (Å²) in [6, 6.07) is 3.71. The number of benzene rings is 1. The van der Waals surface area contributed by atoms with Gasteiger partial charge in [0, 0.05) is 11.0 Å². The van der Waals surface area contributed by atoms with Gasteiger partial charge >= 0.3 is 5.97 Å². The molecule has 0 saturated carbocycles. The van der Waals surface area contributed by atoms with E-state index in [9.17, 15) is 13.2 Å². The van der Waals surface area contributed by atoms with Crippen molar-refractivity contribution >= 4 is 31.9 Å². The summed E-state index contributed by atoms with van der Waals surface area (Å²) in [6.45, 7) is 3.51. The first-order valence-electron chi connectivity index (χ1n) is 4.52. The number of halogens is 1. The van der Waals surface area contributed by atoms with Crippen molar-refractivity contribution in [2.75, 3.05) is 6.54 Å². The van der Waals surface area contributed by atoms with Gasteiger partial charge in [0.05, 0.1) is 10.5 Å². The zero-order chi connectivity index (χ0) is 13.1. The monoisotopic (exact) mass is 319 g/mol. The van der Waals surface area contributed by atoms with Crippen LogP contribution in [0.5, 0.6) is 0 Å². The van der Waals surface area contributed by atoms with Crippen molar-refractivity contribution in [3.63, 3.8) is 0 Å². The van der Waals surface area contributed by atoms with Gasteiger partial charge in [-0.2, -0.15) is 0 Å². The van der Waals surface area contributed by atoms with Crippen LogP contribution in [0.2, 0.25) is 0 Å². The number of carbonyl (C=O) groups is 1. The highest BCUT2D eigenvalue weighted by molar-refractivity contribution is 9.10. The molecule has 0 aliphatic carbocycles. The number of nitrogens with one attached hydrogen (secondary N) is 1.